The van der Waals surface area contributed by atoms with E-state index in [4.69, 9.17) is 4.74 Å². The highest BCUT2D eigenvalue weighted by Gasteiger charge is 2.03. The molecule has 1 aromatic rings. The molecule has 0 bridgehead atoms. The number of aryl methyl sites for hydroxylation is 1. The zero-order chi connectivity index (χ0) is 9.14. The maximum Gasteiger partial charge on any atom is 0.126 e. The third kappa shape index (κ3) is 1.35. The molecule has 12 heavy (non-hydrogen) atoms. The van der Waals surface area contributed by atoms with Crippen molar-refractivity contribution in [2.24, 2.45) is 0 Å². The van der Waals surface area contributed by atoms with Crippen LogP contribution in [0.3, 0.4) is 0 Å². The first-order chi connectivity index (χ1) is 5.70. The SMILES string of the molecule is C=Cc1c(OC)ccc(C)c1C. The van der Waals surface area contributed by atoms with Crippen LogP contribution < -0.4 is 4.74 Å². The number of hydrogen-bond acceptors (Lipinski definition) is 1. The highest BCUT2D eigenvalue weighted by molar-refractivity contribution is 5.61. The molecule has 1 rings (SSSR count). The van der Waals surface area contributed by atoms with Crippen LogP contribution >= 0.6 is 0 Å². The monoisotopic (exact) mass is 162 g/mol. The van der Waals surface area contributed by atoms with Gasteiger partial charge in [0, 0.05) is 5.56 Å². The largest absolute Gasteiger partial charge is 0.496 e. The lowest BCUT2D eigenvalue weighted by Gasteiger charge is -2.09. The highest BCUT2D eigenvalue weighted by atomic mass is 16.5. The van der Waals surface area contributed by atoms with Crippen molar-refractivity contribution < 1.29 is 4.74 Å². The molecule has 0 N–H and O–H groups in total. The Morgan fingerprint density at radius 1 is 1.33 bits per heavy atom. The Hall–Kier alpha value is -1.24. The summed E-state index contributed by atoms with van der Waals surface area (Å²) in [4.78, 5) is 0. The van der Waals surface area contributed by atoms with Gasteiger partial charge < -0.3 is 4.74 Å². The topological polar surface area (TPSA) is 9.23 Å². The summed E-state index contributed by atoms with van der Waals surface area (Å²) in [7, 11) is 1.68. The van der Waals surface area contributed by atoms with Crippen LogP contribution in [0.4, 0.5) is 0 Å². The summed E-state index contributed by atoms with van der Waals surface area (Å²) in [6, 6.07) is 4.03. The van der Waals surface area contributed by atoms with Crippen LogP contribution in [0.5, 0.6) is 5.75 Å². The van der Waals surface area contributed by atoms with E-state index in [-0.39, 0.29) is 0 Å². The Labute approximate surface area is 73.7 Å². The first-order valence-electron chi connectivity index (χ1n) is 3.97. The van der Waals surface area contributed by atoms with E-state index < -0.39 is 0 Å². The molecule has 0 saturated carbocycles. The van der Waals surface area contributed by atoms with Crippen LogP contribution in [0, 0.1) is 13.8 Å². The lowest BCUT2D eigenvalue weighted by molar-refractivity contribution is 0.413. The van der Waals surface area contributed by atoms with Gasteiger partial charge in [-0.25, -0.2) is 0 Å². The molecular weight excluding hydrogens is 148 g/mol. The summed E-state index contributed by atoms with van der Waals surface area (Å²) in [5.74, 6) is 0.896. The quantitative estimate of drug-likeness (QED) is 0.649. The molecule has 0 aromatic heterocycles. The van der Waals surface area contributed by atoms with Gasteiger partial charge in [-0.1, -0.05) is 18.7 Å². The lowest BCUT2D eigenvalue weighted by atomic mass is 10.0. The van der Waals surface area contributed by atoms with Crippen molar-refractivity contribution in [2.45, 2.75) is 13.8 Å². The second kappa shape index (κ2) is 3.44. The molecular formula is C11H14O. The molecule has 0 radical (unpaired) electrons. The maximum atomic E-state index is 5.20. The maximum absolute atomic E-state index is 5.20. The molecule has 0 heterocycles. The fraction of sp³-hybridized carbons (Fsp3) is 0.273. The first kappa shape index (κ1) is 8.85. The number of rotatable bonds is 2. The van der Waals surface area contributed by atoms with Gasteiger partial charge in [0.2, 0.25) is 0 Å². The van der Waals surface area contributed by atoms with Crippen LogP contribution in [0.15, 0.2) is 18.7 Å². The molecule has 1 heteroatoms. The molecule has 0 amide bonds. The standard InChI is InChI=1S/C11H14O/c1-5-10-9(3)8(2)6-7-11(10)12-4/h5-7H,1H2,2-4H3. The Morgan fingerprint density at radius 3 is 2.50 bits per heavy atom. The lowest BCUT2D eigenvalue weighted by Crippen LogP contribution is -1.91. The van der Waals surface area contributed by atoms with Gasteiger partial charge in [0.15, 0.2) is 0 Å². The van der Waals surface area contributed by atoms with E-state index in [2.05, 4.69) is 26.5 Å². The molecule has 0 fully saturated rings. The van der Waals surface area contributed by atoms with E-state index in [0.29, 0.717) is 0 Å². The van der Waals surface area contributed by atoms with Crippen molar-refractivity contribution >= 4 is 6.08 Å². The van der Waals surface area contributed by atoms with Gasteiger partial charge in [-0.3, -0.25) is 0 Å². The van der Waals surface area contributed by atoms with Gasteiger partial charge >= 0.3 is 0 Å². The Morgan fingerprint density at radius 2 is 2.00 bits per heavy atom. The summed E-state index contributed by atoms with van der Waals surface area (Å²) in [5.41, 5.74) is 3.60. The van der Waals surface area contributed by atoms with E-state index in [1.165, 1.54) is 11.1 Å². The number of methoxy groups -OCH3 is 1. The van der Waals surface area contributed by atoms with Crippen LogP contribution in [-0.2, 0) is 0 Å². The molecule has 0 aliphatic heterocycles. The van der Waals surface area contributed by atoms with Crippen molar-refractivity contribution in [1.82, 2.24) is 0 Å². The van der Waals surface area contributed by atoms with Crippen molar-refractivity contribution in [3.05, 3.63) is 35.4 Å². The van der Waals surface area contributed by atoms with Crippen molar-refractivity contribution in [2.75, 3.05) is 7.11 Å². The predicted molar refractivity (Wildman–Crippen MR) is 52.6 cm³/mol. The second-order valence-electron chi connectivity index (χ2n) is 2.83. The van der Waals surface area contributed by atoms with E-state index in [1.54, 1.807) is 7.11 Å². The first-order valence-corrected chi connectivity index (χ1v) is 3.97. The minimum atomic E-state index is 0.896. The van der Waals surface area contributed by atoms with E-state index in [1.807, 2.05) is 12.1 Å². The minimum Gasteiger partial charge on any atom is -0.496 e. The summed E-state index contributed by atoms with van der Waals surface area (Å²) in [6.07, 6.45) is 1.83. The smallest absolute Gasteiger partial charge is 0.126 e. The van der Waals surface area contributed by atoms with Gasteiger partial charge in [-0.05, 0) is 31.0 Å². The second-order valence-corrected chi connectivity index (χ2v) is 2.83. The molecule has 0 unspecified atom stereocenters. The molecule has 1 aromatic carbocycles. The third-order valence-corrected chi connectivity index (χ3v) is 2.17. The summed E-state index contributed by atoms with van der Waals surface area (Å²) < 4.78 is 5.20. The molecule has 0 aliphatic rings. The zero-order valence-corrected chi connectivity index (χ0v) is 7.85. The molecule has 0 atom stereocenters. The van der Waals surface area contributed by atoms with Gasteiger partial charge in [0.05, 0.1) is 7.11 Å². The number of hydrogen-bond donors (Lipinski definition) is 0. The molecule has 0 aliphatic carbocycles. The van der Waals surface area contributed by atoms with Crippen LogP contribution in [-0.4, -0.2) is 7.11 Å². The summed E-state index contributed by atoms with van der Waals surface area (Å²) in [5, 5.41) is 0. The fourth-order valence-corrected chi connectivity index (χ4v) is 1.24. The van der Waals surface area contributed by atoms with E-state index in [9.17, 15) is 0 Å². The van der Waals surface area contributed by atoms with Crippen LogP contribution in [0.2, 0.25) is 0 Å². The van der Waals surface area contributed by atoms with Crippen molar-refractivity contribution in [1.29, 1.82) is 0 Å². The molecule has 64 valence electrons. The number of benzene rings is 1. The average molecular weight is 162 g/mol. The van der Waals surface area contributed by atoms with Gasteiger partial charge in [0.25, 0.3) is 0 Å². The summed E-state index contributed by atoms with van der Waals surface area (Å²) in [6.45, 7) is 7.92. The van der Waals surface area contributed by atoms with Gasteiger partial charge in [-0.2, -0.15) is 0 Å². The van der Waals surface area contributed by atoms with E-state index >= 15 is 0 Å². The Kier molecular flexibility index (Phi) is 2.54. The third-order valence-electron chi connectivity index (χ3n) is 2.17. The normalized spacial score (nSPS) is 9.58. The fourth-order valence-electron chi connectivity index (χ4n) is 1.24. The van der Waals surface area contributed by atoms with Crippen molar-refractivity contribution in [3.8, 4) is 5.75 Å². The Balaban J connectivity index is 3.35. The van der Waals surface area contributed by atoms with Gasteiger partial charge in [-0.15, -0.1) is 0 Å². The van der Waals surface area contributed by atoms with Crippen molar-refractivity contribution in [3.63, 3.8) is 0 Å². The zero-order valence-electron chi connectivity index (χ0n) is 7.85. The van der Waals surface area contributed by atoms with Crippen LogP contribution in [0.25, 0.3) is 6.08 Å². The molecule has 0 saturated heterocycles. The summed E-state index contributed by atoms with van der Waals surface area (Å²) >= 11 is 0. The van der Waals surface area contributed by atoms with Gasteiger partial charge in [0.1, 0.15) is 5.75 Å². The van der Waals surface area contributed by atoms with E-state index in [0.717, 1.165) is 11.3 Å². The highest BCUT2D eigenvalue weighted by Crippen LogP contribution is 2.25. The predicted octanol–water partition coefficient (Wildman–Crippen LogP) is 2.96. The average Bonchev–Trinajstić information content (AvgIpc) is 2.09. The minimum absolute atomic E-state index is 0.896. The molecule has 0 spiro atoms. The Bertz CT molecular complexity index is 300. The molecule has 1 nitrogen and oxygen atoms in total. The van der Waals surface area contributed by atoms with Crippen LogP contribution in [0.1, 0.15) is 16.7 Å². The number of ether oxygens (including phenoxy) is 1.